The SMILES string of the molecule is O=C(CCC1CCCO1)c1ccc2c(c1)C(=O)NCCC2. The number of nitrogens with one attached hydrogen (secondary N) is 1. The van der Waals surface area contributed by atoms with Crippen molar-refractivity contribution < 1.29 is 14.3 Å². The second kappa shape index (κ2) is 6.39. The molecule has 3 rings (SSSR count). The van der Waals surface area contributed by atoms with Gasteiger partial charge >= 0.3 is 0 Å². The third-order valence-electron chi connectivity index (χ3n) is 4.30. The Balaban J connectivity index is 1.70. The Morgan fingerprint density at radius 1 is 1.33 bits per heavy atom. The normalized spacial score (nSPS) is 21.5. The van der Waals surface area contributed by atoms with Crippen LogP contribution in [0.3, 0.4) is 0 Å². The number of hydrogen-bond donors (Lipinski definition) is 1. The zero-order chi connectivity index (χ0) is 14.7. The molecule has 1 fully saturated rings. The van der Waals surface area contributed by atoms with E-state index >= 15 is 0 Å². The summed E-state index contributed by atoms with van der Waals surface area (Å²) in [6, 6.07) is 5.54. The number of ketones is 1. The molecule has 1 aromatic carbocycles. The molecule has 0 spiro atoms. The standard InChI is InChI=1S/C17H21NO3/c19-16(8-7-14-4-2-10-21-14)13-6-5-12-3-1-9-18-17(20)15(12)11-13/h5-6,11,14H,1-4,7-10H2,(H,18,20). The number of carbonyl (C=O) groups is 2. The van der Waals surface area contributed by atoms with E-state index in [1.54, 1.807) is 6.07 Å². The van der Waals surface area contributed by atoms with E-state index in [0.717, 1.165) is 44.3 Å². The summed E-state index contributed by atoms with van der Waals surface area (Å²) in [5.41, 5.74) is 2.35. The Morgan fingerprint density at radius 3 is 3.05 bits per heavy atom. The Labute approximate surface area is 124 Å². The van der Waals surface area contributed by atoms with Gasteiger partial charge in [0.2, 0.25) is 0 Å². The highest BCUT2D eigenvalue weighted by atomic mass is 16.5. The first-order valence-electron chi connectivity index (χ1n) is 7.80. The van der Waals surface area contributed by atoms with Crippen molar-refractivity contribution in [3.05, 3.63) is 34.9 Å². The number of carbonyl (C=O) groups excluding carboxylic acids is 2. The maximum Gasteiger partial charge on any atom is 0.251 e. The molecule has 1 atom stereocenters. The van der Waals surface area contributed by atoms with Crippen LogP contribution in [-0.2, 0) is 11.2 Å². The fourth-order valence-corrected chi connectivity index (χ4v) is 3.06. The third kappa shape index (κ3) is 3.32. The summed E-state index contributed by atoms with van der Waals surface area (Å²) >= 11 is 0. The maximum absolute atomic E-state index is 12.3. The van der Waals surface area contributed by atoms with E-state index in [2.05, 4.69) is 5.32 Å². The van der Waals surface area contributed by atoms with Gasteiger partial charge in [-0.05, 0) is 43.7 Å². The predicted molar refractivity (Wildman–Crippen MR) is 79.6 cm³/mol. The Bertz CT molecular complexity index is 547. The van der Waals surface area contributed by atoms with Crippen LogP contribution in [0.2, 0.25) is 0 Å². The van der Waals surface area contributed by atoms with Crippen LogP contribution in [0, 0.1) is 0 Å². The molecule has 0 aliphatic carbocycles. The van der Waals surface area contributed by atoms with Crippen LogP contribution in [0.4, 0.5) is 0 Å². The van der Waals surface area contributed by atoms with Crippen molar-refractivity contribution in [2.45, 2.75) is 44.6 Å². The fraction of sp³-hybridized carbons (Fsp3) is 0.529. The lowest BCUT2D eigenvalue weighted by Gasteiger charge is -2.10. The highest BCUT2D eigenvalue weighted by Gasteiger charge is 2.20. The Hall–Kier alpha value is -1.68. The molecule has 0 aromatic heterocycles. The summed E-state index contributed by atoms with van der Waals surface area (Å²) < 4.78 is 5.55. The molecule has 2 heterocycles. The molecule has 1 N–H and O–H groups in total. The summed E-state index contributed by atoms with van der Waals surface area (Å²) in [6.07, 6.45) is 5.49. The van der Waals surface area contributed by atoms with Crippen LogP contribution < -0.4 is 5.32 Å². The summed E-state index contributed by atoms with van der Waals surface area (Å²) in [5, 5.41) is 2.87. The summed E-state index contributed by atoms with van der Waals surface area (Å²) in [6.45, 7) is 1.52. The smallest absolute Gasteiger partial charge is 0.251 e. The molecule has 4 heteroatoms. The number of amides is 1. The van der Waals surface area contributed by atoms with Gasteiger partial charge in [0.25, 0.3) is 5.91 Å². The molecular weight excluding hydrogens is 266 g/mol. The van der Waals surface area contributed by atoms with Crippen LogP contribution in [-0.4, -0.2) is 30.9 Å². The number of ether oxygens (including phenoxy) is 1. The van der Waals surface area contributed by atoms with E-state index in [0.29, 0.717) is 24.1 Å². The van der Waals surface area contributed by atoms with Crippen molar-refractivity contribution in [1.29, 1.82) is 0 Å². The van der Waals surface area contributed by atoms with Gasteiger partial charge in [0.15, 0.2) is 5.78 Å². The summed E-state index contributed by atoms with van der Waals surface area (Å²) in [5.74, 6) is 0.0432. The molecule has 2 aliphatic heterocycles. The number of aryl methyl sites for hydroxylation is 1. The Kier molecular flexibility index (Phi) is 4.34. The molecule has 0 radical (unpaired) electrons. The van der Waals surface area contributed by atoms with Gasteiger partial charge in [-0.2, -0.15) is 0 Å². The van der Waals surface area contributed by atoms with Gasteiger partial charge in [0.1, 0.15) is 0 Å². The molecule has 2 aliphatic rings. The minimum atomic E-state index is -0.0590. The molecule has 1 unspecified atom stereocenters. The molecule has 0 bridgehead atoms. The predicted octanol–water partition coefficient (Wildman–Crippen LogP) is 2.50. The van der Waals surface area contributed by atoms with Gasteiger partial charge in [-0.3, -0.25) is 9.59 Å². The quantitative estimate of drug-likeness (QED) is 0.866. The second-order valence-electron chi connectivity index (χ2n) is 5.83. The van der Waals surface area contributed by atoms with Crippen molar-refractivity contribution in [2.75, 3.05) is 13.2 Å². The molecule has 112 valence electrons. The highest BCUT2D eigenvalue weighted by Crippen LogP contribution is 2.21. The molecule has 4 nitrogen and oxygen atoms in total. The average Bonchev–Trinajstić information content (AvgIpc) is 2.95. The van der Waals surface area contributed by atoms with Crippen molar-refractivity contribution in [3.8, 4) is 0 Å². The van der Waals surface area contributed by atoms with Crippen molar-refractivity contribution in [1.82, 2.24) is 5.32 Å². The molecule has 21 heavy (non-hydrogen) atoms. The highest BCUT2D eigenvalue weighted by molar-refractivity contribution is 6.01. The van der Waals surface area contributed by atoms with Crippen molar-refractivity contribution in [3.63, 3.8) is 0 Å². The maximum atomic E-state index is 12.3. The number of rotatable bonds is 4. The van der Waals surface area contributed by atoms with E-state index in [1.807, 2.05) is 12.1 Å². The lowest BCUT2D eigenvalue weighted by atomic mass is 9.97. The number of Topliss-reactive ketones (excluding diaryl/α,β-unsaturated/α-hetero) is 1. The first-order chi connectivity index (χ1) is 10.2. The van der Waals surface area contributed by atoms with E-state index in [1.165, 1.54) is 0 Å². The molecule has 1 saturated heterocycles. The average molecular weight is 287 g/mol. The lowest BCUT2D eigenvalue weighted by Crippen LogP contribution is -2.23. The summed E-state index contributed by atoms with van der Waals surface area (Å²) in [4.78, 5) is 24.3. The van der Waals surface area contributed by atoms with Gasteiger partial charge in [-0.1, -0.05) is 12.1 Å². The molecule has 1 aromatic rings. The molecular formula is C17H21NO3. The third-order valence-corrected chi connectivity index (χ3v) is 4.30. The first kappa shape index (κ1) is 14.3. The van der Waals surface area contributed by atoms with E-state index in [-0.39, 0.29) is 17.8 Å². The lowest BCUT2D eigenvalue weighted by molar-refractivity contribution is 0.0859. The number of benzene rings is 1. The van der Waals surface area contributed by atoms with Crippen molar-refractivity contribution in [2.24, 2.45) is 0 Å². The largest absolute Gasteiger partial charge is 0.378 e. The van der Waals surface area contributed by atoms with Crippen molar-refractivity contribution >= 4 is 11.7 Å². The topological polar surface area (TPSA) is 55.4 Å². The molecule has 0 saturated carbocycles. The second-order valence-corrected chi connectivity index (χ2v) is 5.83. The van der Waals surface area contributed by atoms with Gasteiger partial charge in [-0.25, -0.2) is 0 Å². The van der Waals surface area contributed by atoms with Crippen LogP contribution in [0.5, 0.6) is 0 Å². The minimum absolute atomic E-state index is 0.0590. The zero-order valence-corrected chi connectivity index (χ0v) is 12.2. The van der Waals surface area contributed by atoms with Crippen LogP contribution in [0.25, 0.3) is 0 Å². The van der Waals surface area contributed by atoms with E-state index < -0.39 is 0 Å². The number of hydrogen-bond acceptors (Lipinski definition) is 3. The van der Waals surface area contributed by atoms with Crippen LogP contribution >= 0.6 is 0 Å². The zero-order valence-electron chi connectivity index (χ0n) is 12.2. The van der Waals surface area contributed by atoms with Crippen LogP contribution in [0.1, 0.15) is 58.4 Å². The van der Waals surface area contributed by atoms with Gasteiger partial charge in [0, 0.05) is 30.7 Å². The fourth-order valence-electron chi connectivity index (χ4n) is 3.06. The monoisotopic (exact) mass is 287 g/mol. The molecule has 1 amide bonds. The minimum Gasteiger partial charge on any atom is -0.378 e. The Morgan fingerprint density at radius 2 is 2.24 bits per heavy atom. The van der Waals surface area contributed by atoms with Gasteiger partial charge < -0.3 is 10.1 Å². The van der Waals surface area contributed by atoms with E-state index in [9.17, 15) is 9.59 Å². The van der Waals surface area contributed by atoms with E-state index in [4.69, 9.17) is 4.74 Å². The summed E-state index contributed by atoms with van der Waals surface area (Å²) in [7, 11) is 0. The first-order valence-corrected chi connectivity index (χ1v) is 7.80. The van der Waals surface area contributed by atoms with Gasteiger partial charge in [0.05, 0.1) is 6.10 Å². The van der Waals surface area contributed by atoms with Crippen LogP contribution in [0.15, 0.2) is 18.2 Å². The van der Waals surface area contributed by atoms with Gasteiger partial charge in [-0.15, -0.1) is 0 Å². The number of fused-ring (bicyclic) bond motifs is 1.